The number of aliphatic hydroxyl groups is 1. The van der Waals surface area contributed by atoms with Gasteiger partial charge >= 0.3 is 0 Å². The number of fused-ring (bicyclic) bond motifs is 1. The van der Waals surface area contributed by atoms with Crippen LogP contribution in [0, 0.1) is 6.92 Å². The van der Waals surface area contributed by atoms with E-state index in [4.69, 9.17) is 0 Å². The average Bonchev–Trinajstić information content (AvgIpc) is 3.23. The Bertz CT molecular complexity index is 820. The molecule has 1 unspecified atom stereocenters. The summed E-state index contributed by atoms with van der Waals surface area (Å²) in [7, 11) is 0. The topological polar surface area (TPSA) is 56.7 Å². The number of rotatable bonds is 6. The molecule has 3 N–H and O–H groups in total. The lowest BCUT2D eigenvalue weighted by molar-refractivity contribution is 0.184. The SMILES string of the molecule is CCNC(=NCc1ccc(C)s1)NCC(O)c1cc2ccccc2s1. The fraction of sp³-hybridized carbons (Fsp3) is 0.316. The molecule has 0 aliphatic rings. The van der Waals surface area contributed by atoms with Gasteiger partial charge in [-0.05, 0) is 43.5 Å². The van der Waals surface area contributed by atoms with E-state index in [1.165, 1.54) is 19.8 Å². The summed E-state index contributed by atoms with van der Waals surface area (Å²) in [5.41, 5.74) is 0. The predicted molar refractivity (Wildman–Crippen MR) is 109 cm³/mol. The molecule has 0 amide bonds. The van der Waals surface area contributed by atoms with Gasteiger partial charge in [0.15, 0.2) is 5.96 Å². The Balaban J connectivity index is 1.61. The first-order valence-corrected chi connectivity index (χ1v) is 10.0. The maximum absolute atomic E-state index is 10.5. The average molecular weight is 374 g/mol. The van der Waals surface area contributed by atoms with Crippen molar-refractivity contribution in [1.29, 1.82) is 0 Å². The molecule has 3 rings (SSSR count). The fourth-order valence-corrected chi connectivity index (χ4v) is 4.39. The van der Waals surface area contributed by atoms with Crippen LogP contribution in [0.25, 0.3) is 10.1 Å². The molecule has 2 aromatic heterocycles. The minimum atomic E-state index is -0.551. The zero-order valence-corrected chi connectivity index (χ0v) is 16.1. The molecule has 0 aliphatic carbocycles. The second-order valence-electron chi connectivity index (χ2n) is 5.79. The molecule has 6 heteroatoms. The van der Waals surface area contributed by atoms with Gasteiger partial charge in [-0.25, -0.2) is 4.99 Å². The molecule has 1 aromatic carbocycles. The second-order valence-corrected chi connectivity index (χ2v) is 8.28. The van der Waals surface area contributed by atoms with E-state index in [1.54, 1.807) is 22.7 Å². The highest BCUT2D eigenvalue weighted by Gasteiger charge is 2.12. The number of benzene rings is 1. The van der Waals surface area contributed by atoms with E-state index in [1.807, 2.05) is 19.1 Å². The molecule has 2 heterocycles. The van der Waals surface area contributed by atoms with Crippen LogP contribution in [-0.4, -0.2) is 24.2 Å². The van der Waals surface area contributed by atoms with Gasteiger partial charge in [-0.1, -0.05) is 18.2 Å². The first-order chi connectivity index (χ1) is 12.2. The Morgan fingerprint density at radius 2 is 2.00 bits per heavy atom. The summed E-state index contributed by atoms with van der Waals surface area (Å²) in [6.45, 7) is 6.00. The molecular formula is C19H23N3OS2. The Morgan fingerprint density at radius 1 is 1.16 bits per heavy atom. The first-order valence-electron chi connectivity index (χ1n) is 8.39. The Morgan fingerprint density at radius 3 is 2.72 bits per heavy atom. The summed E-state index contributed by atoms with van der Waals surface area (Å²) >= 11 is 3.40. The summed E-state index contributed by atoms with van der Waals surface area (Å²) in [6, 6.07) is 14.5. The summed E-state index contributed by atoms with van der Waals surface area (Å²) in [4.78, 5) is 8.10. The third-order valence-corrected chi connectivity index (χ3v) is 5.97. The van der Waals surface area contributed by atoms with E-state index < -0.39 is 6.10 Å². The van der Waals surface area contributed by atoms with Crippen LogP contribution in [0.5, 0.6) is 0 Å². The van der Waals surface area contributed by atoms with E-state index in [0.29, 0.717) is 13.1 Å². The molecule has 132 valence electrons. The molecular weight excluding hydrogens is 350 g/mol. The van der Waals surface area contributed by atoms with Gasteiger partial charge in [0.1, 0.15) is 6.10 Å². The van der Waals surface area contributed by atoms with Gasteiger partial charge < -0.3 is 15.7 Å². The molecule has 0 aliphatic heterocycles. The number of hydrogen-bond donors (Lipinski definition) is 3. The van der Waals surface area contributed by atoms with Gasteiger partial charge in [0.25, 0.3) is 0 Å². The van der Waals surface area contributed by atoms with E-state index in [0.717, 1.165) is 17.4 Å². The van der Waals surface area contributed by atoms with Crippen molar-refractivity contribution in [2.75, 3.05) is 13.1 Å². The van der Waals surface area contributed by atoms with Crippen molar-refractivity contribution in [3.8, 4) is 0 Å². The monoisotopic (exact) mass is 373 g/mol. The maximum Gasteiger partial charge on any atom is 0.191 e. The first kappa shape index (κ1) is 17.9. The lowest BCUT2D eigenvalue weighted by atomic mass is 10.2. The largest absolute Gasteiger partial charge is 0.386 e. The van der Waals surface area contributed by atoms with Crippen LogP contribution in [0.4, 0.5) is 0 Å². The molecule has 25 heavy (non-hydrogen) atoms. The van der Waals surface area contributed by atoms with Crippen LogP contribution in [-0.2, 0) is 6.54 Å². The van der Waals surface area contributed by atoms with Crippen LogP contribution in [0.2, 0.25) is 0 Å². The maximum atomic E-state index is 10.5. The smallest absolute Gasteiger partial charge is 0.191 e. The van der Waals surface area contributed by atoms with Crippen molar-refractivity contribution in [3.63, 3.8) is 0 Å². The second kappa shape index (κ2) is 8.47. The predicted octanol–water partition coefficient (Wildman–Crippen LogP) is 4.06. The van der Waals surface area contributed by atoms with Gasteiger partial charge in [-0.15, -0.1) is 22.7 Å². The molecule has 0 saturated carbocycles. The Hall–Kier alpha value is -1.89. The third-order valence-electron chi connectivity index (χ3n) is 3.77. The van der Waals surface area contributed by atoms with Crippen LogP contribution in [0.15, 0.2) is 47.5 Å². The van der Waals surface area contributed by atoms with Crippen LogP contribution < -0.4 is 10.6 Å². The number of nitrogens with zero attached hydrogens (tertiary/aromatic N) is 1. The van der Waals surface area contributed by atoms with Crippen molar-refractivity contribution >= 4 is 38.7 Å². The zero-order valence-electron chi connectivity index (χ0n) is 14.5. The fourth-order valence-electron chi connectivity index (χ4n) is 2.53. The van der Waals surface area contributed by atoms with Gasteiger partial charge in [0.05, 0.1) is 6.54 Å². The molecule has 0 spiro atoms. The standard InChI is InChI=1S/C19H23N3OS2/c1-3-20-19(21-11-15-9-8-13(2)24-15)22-12-16(23)18-10-14-6-4-5-7-17(14)25-18/h4-10,16,23H,3,11-12H2,1-2H3,(H2,20,21,22). The molecule has 3 aromatic rings. The summed E-state index contributed by atoms with van der Waals surface area (Å²) in [5, 5.41) is 18.1. The number of aliphatic hydroxyl groups excluding tert-OH is 1. The van der Waals surface area contributed by atoms with Gasteiger partial charge in [-0.3, -0.25) is 0 Å². The Labute approximate surface area is 156 Å². The minimum absolute atomic E-state index is 0.433. The van der Waals surface area contributed by atoms with Gasteiger partial charge in [0.2, 0.25) is 0 Å². The van der Waals surface area contributed by atoms with E-state index >= 15 is 0 Å². The number of thiophene rings is 2. The highest BCUT2D eigenvalue weighted by atomic mass is 32.1. The number of nitrogens with one attached hydrogen (secondary N) is 2. The van der Waals surface area contributed by atoms with Gasteiger partial charge in [0, 0.05) is 32.4 Å². The van der Waals surface area contributed by atoms with Crippen LogP contribution in [0.1, 0.15) is 27.7 Å². The third kappa shape index (κ3) is 4.81. The quantitative estimate of drug-likeness (QED) is 0.451. The van der Waals surface area contributed by atoms with Crippen molar-refractivity contribution in [3.05, 3.63) is 57.1 Å². The lowest BCUT2D eigenvalue weighted by Gasteiger charge is -2.14. The molecule has 4 nitrogen and oxygen atoms in total. The van der Waals surface area contributed by atoms with Crippen LogP contribution >= 0.6 is 22.7 Å². The van der Waals surface area contributed by atoms with Crippen molar-refractivity contribution in [2.45, 2.75) is 26.5 Å². The number of aryl methyl sites for hydroxylation is 1. The molecule has 1 atom stereocenters. The Kier molecular flexibility index (Phi) is 6.07. The van der Waals surface area contributed by atoms with Crippen LogP contribution in [0.3, 0.4) is 0 Å². The zero-order chi connectivity index (χ0) is 17.6. The van der Waals surface area contributed by atoms with E-state index in [9.17, 15) is 5.11 Å². The normalized spacial score (nSPS) is 13.2. The minimum Gasteiger partial charge on any atom is -0.386 e. The van der Waals surface area contributed by atoms with Crippen molar-refractivity contribution in [1.82, 2.24) is 10.6 Å². The lowest BCUT2D eigenvalue weighted by Crippen LogP contribution is -2.39. The van der Waals surface area contributed by atoms with E-state index in [-0.39, 0.29) is 0 Å². The molecule has 0 radical (unpaired) electrons. The highest BCUT2D eigenvalue weighted by Crippen LogP contribution is 2.29. The number of aliphatic imine (C=N–C) groups is 1. The summed E-state index contributed by atoms with van der Waals surface area (Å²) in [6.07, 6.45) is -0.551. The number of guanidine groups is 1. The summed E-state index contributed by atoms with van der Waals surface area (Å²) < 4.78 is 1.20. The molecule has 0 fully saturated rings. The molecule has 0 bridgehead atoms. The van der Waals surface area contributed by atoms with Crippen molar-refractivity contribution < 1.29 is 5.11 Å². The van der Waals surface area contributed by atoms with E-state index in [2.05, 4.69) is 52.9 Å². The number of hydrogen-bond acceptors (Lipinski definition) is 4. The highest BCUT2D eigenvalue weighted by molar-refractivity contribution is 7.19. The summed E-state index contributed by atoms with van der Waals surface area (Å²) in [5.74, 6) is 0.730. The van der Waals surface area contributed by atoms with Crippen molar-refractivity contribution in [2.24, 2.45) is 4.99 Å². The van der Waals surface area contributed by atoms with Gasteiger partial charge in [-0.2, -0.15) is 0 Å². The molecule has 0 saturated heterocycles.